The number of carbonyl (C=O) groups excluding carboxylic acids is 3. The van der Waals surface area contributed by atoms with Gasteiger partial charge in [-0.15, -0.1) is 11.3 Å². The van der Waals surface area contributed by atoms with Gasteiger partial charge in [0.15, 0.2) is 16.6 Å². The van der Waals surface area contributed by atoms with Gasteiger partial charge in [-0.3, -0.25) is 14.4 Å². The second-order valence-electron chi connectivity index (χ2n) is 9.71. The molecular weight excluding hydrogens is 520 g/mol. The average Bonchev–Trinajstić information content (AvgIpc) is 3.39. The summed E-state index contributed by atoms with van der Waals surface area (Å²) in [6.45, 7) is 1.22. The topological polar surface area (TPSA) is 110 Å². The van der Waals surface area contributed by atoms with Gasteiger partial charge in [0.2, 0.25) is 17.7 Å². The number of methoxy groups -OCH3 is 3. The van der Waals surface area contributed by atoms with E-state index in [1.807, 2.05) is 18.2 Å². The van der Waals surface area contributed by atoms with Crippen LogP contribution in [0.1, 0.15) is 43.4 Å². The van der Waals surface area contributed by atoms with Crippen LogP contribution < -0.4 is 14.8 Å². The van der Waals surface area contributed by atoms with E-state index in [2.05, 4.69) is 10.3 Å². The van der Waals surface area contributed by atoms with Crippen molar-refractivity contribution in [1.29, 1.82) is 0 Å². The summed E-state index contributed by atoms with van der Waals surface area (Å²) in [6, 6.07) is 5.71. The zero-order chi connectivity index (χ0) is 28.2. The number of amides is 3. The number of carbonyl (C=O) groups is 3. The summed E-state index contributed by atoms with van der Waals surface area (Å²) in [6.07, 6.45) is 5.80. The molecule has 1 aliphatic rings. The highest BCUT2D eigenvalue weighted by molar-refractivity contribution is 7.13. The highest BCUT2D eigenvalue weighted by Crippen LogP contribution is 2.28. The molecule has 1 fully saturated rings. The van der Waals surface area contributed by atoms with E-state index in [4.69, 9.17) is 14.2 Å². The minimum atomic E-state index is -0.311. The van der Waals surface area contributed by atoms with E-state index >= 15 is 0 Å². The van der Waals surface area contributed by atoms with Gasteiger partial charge in [-0.05, 0) is 37.0 Å². The summed E-state index contributed by atoms with van der Waals surface area (Å²) in [5.41, 5.74) is 1.63. The zero-order valence-electron chi connectivity index (χ0n) is 23.4. The molecule has 0 aliphatic heterocycles. The Morgan fingerprint density at radius 2 is 1.79 bits per heavy atom. The lowest BCUT2D eigenvalue weighted by atomic mass is 9.88. The van der Waals surface area contributed by atoms with Gasteiger partial charge < -0.3 is 29.3 Å². The van der Waals surface area contributed by atoms with E-state index in [9.17, 15) is 14.4 Å². The van der Waals surface area contributed by atoms with Crippen molar-refractivity contribution < 1.29 is 28.6 Å². The van der Waals surface area contributed by atoms with Crippen molar-refractivity contribution in [2.45, 2.75) is 44.9 Å². The molecule has 0 spiro atoms. The summed E-state index contributed by atoms with van der Waals surface area (Å²) in [5.74, 6) is 0.932. The van der Waals surface area contributed by atoms with Crippen molar-refractivity contribution in [3.8, 4) is 11.5 Å². The normalized spacial score (nSPS) is 13.5. The van der Waals surface area contributed by atoms with Crippen molar-refractivity contribution >= 4 is 34.2 Å². The standard InChI is InChI=1S/C28H40N4O6S/c1-31(13-12-20-10-11-23(37-3)24(16-20)38-4)26(34)17-22-19-39-28(29-22)30-25(33)18-32(14-15-36-2)27(35)21-8-6-5-7-9-21/h10-11,16,19,21H,5-9,12-15,17-18H2,1-4H3,(H,29,30,33). The molecular formula is C28H40N4O6S. The van der Waals surface area contributed by atoms with Gasteiger partial charge >= 0.3 is 0 Å². The molecule has 3 rings (SSSR count). The van der Waals surface area contributed by atoms with E-state index in [1.54, 1.807) is 43.6 Å². The number of nitrogens with one attached hydrogen (secondary N) is 1. The summed E-state index contributed by atoms with van der Waals surface area (Å²) in [5, 5.41) is 4.96. The number of hydrogen-bond donors (Lipinski definition) is 1. The molecule has 1 heterocycles. The lowest BCUT2D eigenvalue weighted by Crippen LogP contribution is -2.43. The fraction of sp³-hybridized carbons (Fsp3) is 0.571. The molecule has 1 aromatic carbocycles. The number of hydrogen-bond acceptors (Lipinski definition) is 8. The maximum Gasteiger partial charge on any atom is 0.245 e. The predicted molar refractivity (Wildman–Crippen MR) is 150 cm³/mol. The molecule has 214 valence electrons. The van der Waals surface area contributed by atoms with Crippen LogP contribution in [-0.4, -0.2) is 87.1 Å². The van der Waals surface area contributed by atoms with Crippen LogP contribution in [0.25, 0.3) is 0 Å². The number of aromatic nitrogens is 1. The van der Waals surface area contributed by atoms with Crippen molar-refractivity contribution in [3.05, 3.63) is 34.8 Å². The smallest absolute Gasteiger partial charge is 0.245 e. The minimum absolute atomic E-state index is 0.0171. The Morgan fingerprint density at radius 1 is 1.05 bits per heavy atom. The Morgan fingerprint density at radius 3 is 2.49 bits per heavy atom. The molecule has 0 unspecified atom stereocenters. The number of rotatable bonds is 14. The Kier molecular flexibility index (Phi) is 12.0. The first-order valence-corrected chi connectivity index (χ1v) is 14.2. The molecule has 39 heavy (non-hydrogen) atoms. The van der Waals surface area contributed by atoms with E-state index < -0.39 is 0 Å². The Balaban J connectivity index is 1.49. The van der Waals surface area contributed by atoms with E-state index in [-0.39, 0.29) is 36.6 Å². The van der Waals surface area contributed by atoms with Crippen LogP contribution in [0.15, 0.2) is 23.6 Å². The van der Waals surface area contributed by atoms with Crippen molar-refractivity contribution in [2.75, 3.05) is 59.9 Å². The average molecular weight is 561 g/mol. The molecule has 0 radical (unpaired) electrons. The van der Waals surface area contributed by atoms with Crippen LogP contribution in [0.4, 0.5) is 5.13 Å². The van der Waals surface area contributed by atoms with E-state index in [0.717, 1.165) is 37.7 Å². The zero-order valence-corrected chi connectivity index (χ0v) is 24.2. The highest BCUT2D eigenvalue weighted by atomic mass is 32.1. The van der Waals surface area contributed by atoms with Crippen molar-refractivity contribution in [3.63, 3.8) is 0 Å². The second-order valence-corrected chi connectivity index (χ2v) is 10.6. The Labute approximate surface area is 234 Å². The van der Waals surface area contributed by atoms with Crippen LogP contribution in [0.3, 0.4) is 0 Å². The van der Waals surface area contributed by atoms with Gasteiger partial charge in [0.1, 0.15) is 6.54 Å². The Bertz CT molecular complexity index is 1100. The van der Waals surface area contributed by atoms with Gasteiger partial charge in [-0.1, -0.05) is 25.3 Å². The van der Waals surface area contributed by atoms with E-state index in [1.165, 1.54) is 11.3 Å². The van der Waals surface area contributed by atoms with Crippen LogP contribution in [0.5, 0.6) is 11.5 Å². The molecule has 1 aromatic heterocycles. The van der Waals surface area contributed by atoms with Crippen LogP contribution >= 0.6 is 11.3 Å². The lowest BCUT2D eigenvalue weighted by molar-refractivity contribution is -0.139. The molecule has 1 N–H and O–H groups in total. The van der Waals surface area contributed by atoms with Crippen molar-refractivity contribution in [2.24, 2.45) is 5.92 Å². The summed E-state index contributed by atoms with van der Waals surface area (Å²) >= 11 is 1.26. The molecule has 0 atom stereocenters. The third-order valence-corrected chi connectivity index (χ3v) is 7.71. The van der Waals surface area contributed by atoms with Crippen molar-refractivity contribution in [1.82, 2.24) is 14.8 Å². The number of ether oxygens (including phenoxy) is 3. The second kappa shape index (κ2) is 15.4. The van der Waals surface area contributed by atoms with Crippen LogP contribution in [0, 0.1) is 5.92 Å². The molecule has 2 aromatic rings. The molecule has 11 heteroatoms. The molecule has 0 bridgehead atoms. The van der Waals surface area contributed by atoms with Gasteiger partial charge in [-0.25, -0.2) is 4.98 Å². The van der Waals surface area contributed by atoms with Gasteiger partial charge in [0.25, 0.3) is 0 Å². The van der Waals surface area contributed by atoms with Gasteiger partial charge in [0, 0.05) is 38.5 Å². The van der Waals surface area contributed by atoms with Crippen LogP contribution in [-0.2, 0) is 32.0 Å². The number of thiazole rings is 1. The first-order valence-electron chi connectivity index (χ1n) is 13.3. The Hall–Kier alpha value is -3.18. The number of benzene rings is 1. The van der Waals surface area contributed by atoms with Crippen LogP contribution in [0.2, 0.25) is 0 Å². The molecule has 1 saturated carbocycles. The first-order chi connectivity index (χ1) is 18.8. The maximum atomic E-state index is 13.0. The summed E-state index contributed by atoms with van der Waals surface area (Å²) < 4.78 is 15.8. The highest BCUT2D eigenvalue weighted by Gasteiger charge is 2.27. The largest absolute Gasteiger partial charge is 0.493 e. The van der Waals surface area contributed by atoms with E-state index in [0.29, 0.717) is 48.4 Å². The molecule has 10 nitrogen and oxygen atoms in total. The minimum Gasteiger partial charge on any atom is -0.493 e. The molecule has 0 saturated heterocycles. The van der Waals surface area contributed by atoms with Gasteiger partial charge in [-0.2, -0.15) is 0 Å². The molecule has 1 aliphatic carbocycles. The third kappa shape index (κ3) is 9.21. The number of nitrogens with zero attached hydrogens (tertiary/aromatic N) is 3. The maximum absolute atomic E-state index is 13.0. The third-order valence-electron chi connectivity index (χ3n) is 6.91. The predicted octanol–water partition coefficient (Wildman–Crippen LogP) is 3.40. The summed E-state index contributed by atoms with van der Waals surface area (Å²) in [7, 11) is 6.53. The fourth-order valence-electron chi connectivity index (χ4n) is 4.60. The van der Waals surface area contributed by atoms with Gasteiger partial charge in [0.05, 0.1) is 32.9 Å². The first kappa shape index (κ1) is 30.4. The SMILES string of the molecule is COCCN(CC(=O)Nc1nc(CC(=O)N(C)CCc2ccc(OC)c(OC)c2)cs1)C(=O)C1CCCCC1. The lowest BCUT2D eigenvalue weighted by Gasteiger charge is -2.28. The quantitative estimate of drug-likeness (QED) is 0.377. The monoisotopic (exact) mass is 560 g/mol. The molecule has 3 amide bonds. The number of likely N-dealkylation sites (N-methyl/N-ethyl adjacent to an activating group) is 1. The fourth-order valence-corrected chi connectivity index (χ4v) is 5.33. The summed E-state index contributed by atoms with van der Waals surface area (Å²) in [4.78, 5) is 46.2. The number of anilines is 1.